The summed E-state index contributed by atoms with van der Waals surface area (Å²) in [6, 6.07) is 21.9. The average Bonchev–Trinajstić information content (AvgIpc) is 2.88. The lowest BCUT2D eigenvalue weighted by molar-refractivity contribution is 0.122. The van der Waals surface area contributed by atoms with Gasteiger partial charge in [-0.1, -0.05) is 23.8 Å². The van der Waals surface area contributed by atoms with Crippen LogP contribution in [0.1, 0.15) is 33.4 Å². The van der Waals surface area contributed by atoms with Crippen LogP contribution in [0.5, 0.6) is 0 Å². The molecule has 4 aromatic rings. The Morgan fingerprint density at radius 1 is 0.611 bits per heavy atom. The highest BCUT2D eigenvalue weighted by atomic mass is 15.3. The normalized spacial score (nSPS) is 14.8. The van der Waals surface area contributed by atoms with Gasteiger partial charge < -0.3 is 0 Å². The van der Waals surface area contributed by atoms with E-state index < -0.39 is 0 Å². The van der Waals surface area contributed by atoms with Gasteiger partial charge >= 0.3 is 0 Å². The zero-order valence-corrected chi connectivity index (χ0v) is 22.0. The summed E-state index contributed by atoms with van der Waals surface area (Å²) in [5.41, 5.74) is 12.5. The quantitative estimate of drug-likeness (QED) is 0.324. The molecule has 0 unspecified atom stereocenters. The Morgan fingerprint density at radius 3 is 1.67 bits per heavy atom. The standard InChI is InChI=1S/C32H36N4/c1-23-6-5-7-29(16-23)31-19-27(8-10-33-31)21-35-12-14-36(15-13-35)22-28-9-11-34-32(20-28)30-17-24(2)26(4)25(3)18-30/h5-11,16-20H,12-15,21-22H2,1-4H3. The van der Waals surface area contributed by atoms with Gasteiger partial charge in [0, 0.05) is 62.8 Å². The first-order valence-corrected chi connectivity index (χ1v) is 12.9. The Labute approximate surface area is 215 Å². The molecule has 1 aliphatic heterocycles. The summed E-state index contributed by atoms with van der Waals surface area (Å²) in [6.45, 7) is 15.0. The van der Waals surface area contributed by atoms with Crippen molar-refractivity contribution in [2.24, 2.45) is 0 Å². The number of nitrogens with zero attached hydrogens (tertiary/aromatic N) is 4. The van der Waals surface area contributed by atoms with E-state index in [2.05, 4.69) is 108 Å². The molecule has 0 spiro atoms. The van der Waals surface area contributed by atoms with E-state index in [-0.39, 0.29) is 0 Å². The Bertz CT molecular complexity index is 1330. The smallest absolute Gasteiger partial charge is 0.0705 e. The van der Waals surface area contributed by atoms with Gasteiger partial charge in [-0.2, -0.15) is 0 Å². The minimum absolute atomic E-state index is 0.972. The van der Waals surface area contributed by atoms with Crippen LogP contribution in [0.25, 0.3) is 22.5 Å². The second kappa shape index (κ2) is 10.7. The minimum atomic E-state index is 0.972. The Kier molecular flexibility index (Phi) is 7.26. The molecule has 2 aromatic carbocycles. The Balaban J connectivity index is 1.19. The third-order valence-corrected chi connectivity index (χ3v) is 7.46. The molecular formula is C32H36N4. The summed E-state index contributed by atoms with van der Waals surface area (Å²) in [7, 11) is 0. The number of hydrogen-bond donors (Lipinski definition) is 0. The molecule has 3 heterocycles. The van der Waals surface area contributed by atoms with Crippen molar-refractivity contribution in [3.63, 3.8) is 0 Å². The number of aromatic nitrogens is 2. The molecule has 1 aliphatic rings. The molecule has 0 aliphatic carbocycles. The molecule has 0 amide bonds. The molecule has 184 valence electrons. The van der Waals surface area contributed by atoms with E-state index in [1.165, 1.54) is 44.5 Å². The summed E-state index contributed by atoms with van der Waals surface area (Å²) < 4.78 is 0. The maximum Gasteiger partial charge on any atom is 0.0705 e. The number of rotatable bonds is 6. The molecule has 1 fully saturated rings. The van der Waals surface area contributed by atoms with Gasteiger partial charge in [-0.15, -0.1) is 0 Å². The molecule has 2 aromatic heterocycles. The fourth-order valence-electron chi connectivity index (χ4n) is 5.07. The van der Waals surface area contributed by atoms with Crippen LogP contribution in [0, 0.1) is 27.7 Å². The van der Waals surface area contributed by atoms with Gasteiger partial charge in [-0.25, -0.2) is 0 Å². The minimum Gasteiger partial charge on any atom is -0.297 e. The maximum atomic E-state index is 4.68. The van der Waals surface area contributed by atoms with Crippen LogP contribution in [0.4, 0.5) is 0 Å². The molecule has 0 saturated carbocycles. The van der Waals surface area contributed by atoms with E-state index >= 15 is 0 Å². The highest BCUT2D eigenvalue weighted by Crippen LogP contribution is 2.25. The highest BCUT2D eigenvalue weighted by Gasteiger charge is 2.18. The van der Waals surface area contributed by atoms with Crippen molar-refractivity contribution in [1.82, 2.24) is 19.8 Å². The molecule has 4 heteroatoms. The van der Waals surface area contributed by atoms with Gasteiger partial charge in [0.1, 0.15) is 0 Å². The van der Waals surface area contributed by atoms with Crippen LogP contribution in [-0.4, -0.2) is 45.9 Å². The first-order chi connectivity index (χ1) is 17.4. The van der Waals surface area contributed by atoms with Crippen LogP contribution in [0.15, 0.2) is 73.1 Å². The second-order valence-electron chi connectivity index (χ2n) is 10.3. The molecule has 36 heavy (non-hydrogen) atoms. The fraction of sp³-hybridized carbons (Fsp3) is 0.312. The molecular weight excluding hydrogens is 440 g/mol. The summed E-state index contributed by atoms with van der Waals surface area (Å²) in [4.78, 5) is 14.4. The first kappa shape index (κ1) is 24.4. The van der Waals surface area contributed by atoms with E-state index in [4.69, 9.17) is 0 Å². The van der Waals surface area contributed by atoms with Gasteiger partial charge in [0.05, 0.1) is 11.4 Å². The first-order valence-electron chi connectivity index (χ1n) is 12.9. The fourth-order valence-corrected chi connectivity index (χ4v) is 5.07. The zero-order valence-electron chi connectivity index (χ0n) is 22.0. The third-order valence-electron chi connectivity index (χ3n) is 7.46. The average molecular weight is 477 g/mol. The van der Waals surface area contributed by atoms with Crippen molar-refractivity contribution in [3.8, 4) is 22.5 Å². The number of benzene rings is 2. The van der Waals surface area contributed by atoms with Gasteiger partial charge in [-0.05, 0) is 98.0 Å². The molecule has 0 radical (unpaired) electrons. The van der Waals surface area contributed by atoms with Crippen LogP contribution in [0.2, 0.25) is 0 Å². The molecule has 5 rings (SSSR count). The lowest BCUT2D eigenvalue weighted by atomic mass is 9.98. The summed E-state index contributed by atoms with van der Waals surface area (Å²) in [5.74, 6) is 0. The number of piperazine rings is 1. The molecule has 0 bridgehead atoms. The van der Waals surface area contributed by atoms with E-state index in [0.717, 1.165) is 50.7 Å². The van der Waals surface area contributed by atoms with Crippen LogP contribution < -0.4 is 0 Å². The van der Waals surface area contributed by atoms with E-state index in [0.29, 0.717) is 0 Å². The highest BCUT2D eigenvalue weighted by molar-refractivity contribution is 5.63. The van der Waals surface area contributed by atoms with Crippen molar-refractivity contribution < 1.29 is 0 Å². The molecule has 0 atom stereocenters. The van der Waals surface area contributed by atoms with Crippen LogP contribution in [0.3, 0.4) is 0 Å². The zero-order chi connectivity index (χ0) is 25.1. The van der Waals surface area contributed by atoms with Crippen molar-refractivity contribution in [1.29, 1.82) is 0 Å². The maximum absolute atomic E-state index is 4.68. The molecule has 1 saturated heterocycles. The van der Waals surface area contributed by atoms with Gasteiger partial charge in [0.25, 0.3) is 0 Å². The van der Waals surface area contributed by atoms with Crippen molar-refractivity contribution in [2.45, 2.75) is 40.8 Å². The molecule has 0 N–H and O–H groups in total. The lowest BCUT2D eigenvalue weighted by Crippen LogP contribution is -2.45. The Hall–Kier alpha value is -3.34. The second-order valence-corrected chi connectivity index (χ2v) is 10.3. The number of hydrogen-bond acceptors (Lipinski definition) is 4. The molecule has 4 nitrogen and oxygen atoms in total. The van der Waals surface area contributed by atoms with E-state index in [1.54, 1.807) is 0 Å². The van der Waals surface area contributed by atoms with Gasteiger partial charge in [0.15, 0.2) is 0 Å². The van der Waals surface area contributed by atoms with E-state index in [9.17, 15) is 0 Å². The van der Waals surface area contributed by atoms with Crippen LogP contribution in [-0.2, 0) is 13.1 Å². The van der Waals surface area contributed by atoms with Crippen molar-refractivity contribution in [3.05, 3.63) is 106 Å². The summed E-state index contributed by atoms with van der Waals surface area (Å²) in [5, 5.41) is 0. The summed E-state index contributed by atoms with van der Waals surface area (Å²) in [6.07, 6.45) is 3.90. The van der Waals surface area contributed by atoms with Crippen molar-refractivity contribution >= 4 is 0 Å². The summed E-state index contributed by atoms with van der Waals surface area (Å²) >= 11 is 0. The van der Waals surface area contributed by atoms with E-state index in [1.807, 2.05) is 12.4 Å². The van der Waals surface area contributed by atoms with Gasteiger partial charge in [-0.3, -0.25) is 19.8 Å². The van der Waals surface area contributed by atoms with Crippen molar-refractivity contribution in [2.75, 3.05) is 26.2 Å². The largest absolute Gasteiger partial charge is 0.297 e. The van der Waals surface area contributed by atoms with Gasteiger partial charge in [0.2, 0.25) is 0 Å². The predicted octanol–water partition coefficient (Wildman–Crippen LogP) is 6.36. The number of aryl methyl sites for hydroxylation is 3. The van der Waals surface area contributed by atoms with Crippen LogP contribution >= 0.6 is 0 Å². The lowest BCUT2D eigenvalue weighted by Gasteiger charge is -2.34. The Morgan fingerprint density at radius 2 is 1.14 bits per heavy atom. The third kappa shape index (κ3) is 5.72. The topological polar surface area (TPSA) is 32.3 Å². The predicted molar refractivity (Wildman–Crippen MR) is 149 cm³/mol. The SMILES string of the molecule is Cc1cccc(-c2cc(CN3CCN(Cc4ccnc(-c5cc(C)c(C)c(C)c5)c4)CC3)ccn2)c1. The number of pyridine rings is 2. The monoisotopic (exact) mass is 476 g/mol.